The van der Waals surface area contributed by atoms with E-state index >= 15 is 0 Å². The molecule has 0 aliphatic heterocycles. The zero-order chi connectivity index (χ0) is 14.2. The van der Waals surface area contributed by atoms with Crippen LogP contribution in [0.2, 0.25) is 0 Å². The molecule has 0 aliphatic rings. The highest BCUT2D eigenvalue weighted by atomic mass is 19.1. The molecular formula is C14H15F2N3. The van der Waals surface area contributed by atoms with Crippen molar-refractivity contribution in [2.75, 3.05) is 5.73 Å². The Morgan fingerprint density at radius 2 is 1.68 bits per heavy atom. The highest BCUT2D eigenvalue weighted by Gasteiger charge is 2.18. The van der Waals surface area contributed by atoms with E-state index in [0.29, 0.717) is 11.4 Å². The molecule has 0 bridgehead atoms. The molecule has 0 unspecified atom stereocenters. The first-order valence-corrected chi connectivity index (χ1v) is 6.00. The van der Waals surface area contributed by atoms with Crippen LogP contribution in [0.4, 0.5) is 14.6 Å². The Bertz CT molecular complexity index is 604. The lowest BCUT2D eigenvalue weighted by molar-refractivity contribution is 0.588. The van der Waals surface area contributed by atoms with Gasteiger partial charge in [0.05, 0.1) is 11.3 Å². The number of nitrogens with zero attached hydrogens (tertiary/aromatic N) is 2. The van der Waals surface area contributed by atoms with Crippen LogP contribution in [-0.4, -0.2) is 9.97 Å². The van der Waals surface area contributed by atoms with Gasteiger partial charge >= 0.3 is 0 Å². The first kappa shape index (κ1) is 13.4. The molecule has 1 aromatic heterocycles. The van der Waals surface area contributed by atoms with Crippen LogP contribution in [0.15, 0.2) is 18.2 Å². The summed E-state index contributed by atoms with van der Waals surface area (Å²) in [6.07, 6.45) is 0. The Morgan fingerprint density at radius 1 is 1.11 bits per heavy atom. The summed E-state index contributed by atoms with van der Waals surface area (Å²) in [5, 5.41) is 0. The van der Waals surface area contributed by atoms with Crippen molar-refractivity contribution in [2.24, 2.45) is 0 Å². The van der Waals surface area contributed by atoms with Crippen LogP contribution in [-0.2, 0) is 0 Å². The number of hydrogen-bond donors (Lipinski definition) is 1. The third kappa shape index (κ3) is 2.41. The Labute approximate surface area is 110 Å². The van der Waals surface area contributed by atoms with Gasteiger partial charge in [-0.1, -0.05) is 19.9 Å². The predicted octanol–water partition coefficient (Wildman–Crippen LogP) is 3.44. The number of anilines is 1. The molecule has 19 heavy (non-hydrogen) atoms. The summed E-state index contributed by atoms with van der Waals surface area (Å²) in [5.41, 5.74) is 6.34. The second kappa shape index (κ2) is 4.91. The van der Waals surface area contributed by atoms with Crippen molar-refractivity contribution in [2.45, 2.75) is 26.7 Å². The van der Waals surface area contributed by atoms with Gasteiger partial charge in [0.25, 0.3) is 0 Å². The van der Waals surface area contributed by atoms with Gasteiger partial charge in [-0.3, -0.25) is 0 Å². The summed E-state index contributed by atoms with van der Waals surface area (Å²) < 4.78 is 27.7. The number of nitrogen functional groups attached to an aromatic ring is 1. The molecule has 1 heterocycles. The van der Waals surface area contributed by atoms with Crippen LogP contribution in [0.5, 0.6) is 0 Å². The molecule has 0 saturated heterocycles. The molecule has 0 radical (unpaired) electrons. The SMILES string of the molecule is Cc1c(N)nc(C(C)C)nc1-c1c(F)cccc1F. The van der Waals surface area contributed by atoms with Crippen molar-refractivity contribution in [3.05, 3.63) is 41.2 Å². The highest BCUT2D eigenvalue weighted by molar-refractivity contribution is 5.68. The first-order valence-electron chi connectivity index (χ1n) is 6.00. The second-order valence-corrected chi connectivity index (χ2v) is 4.69. The van der Waals surface area contributed by atoms with Crippen LogP contribution >= 0.6 is 0 Å². The van der Waals surface area contributed by atoms with Crippen molar-refractivity contribution < 1.29 is 8.78 Å². The third-order valence-corrected chi connectivity index (χ3v) is 2.92. The number of hydrogen-bond acceptors (Lipinski definition) is 3. The fourth-order valence-electron chi connectivity index (χ4n) is 1.78. The predicted molar refractivity (Wildman–Crippen MR) is 70.6 cm³/mol. The zero-order valence-corrected chi connectivity index (χ0v) is 11.0. The minimum absolute atomic E-state index is 0.0245. The average Bonchev–Trinajstić information content (AvgIpc) is 2.33. The summed E-state index contributed by atoms with van der Waals surface area (Å²) >= 11 is 0. The maximum atomic E-state index is 13.8. The Kier molecular flexibility index (Phi) is 3.46. The van der Waals surface area contributed by atoms with E-state index in [-0.39, 0.29) is 23.0 Å². The molecule has 100 valence electrons. The lowest BCUT2D eigenvalue weighted by atomic mass is 10.0. The largest absolute Gasteiger partial charge is 0.383 e. The van der Waals surface area contributed by atoms with E-state index in [0.717, 1.165) is 0 Å². The molecule has 0 atom stereocenters. The molecule has 0 amide bonds. The van der Waals surface area contributed by atoms with Gasteiger partial charge in [0.2, 0.25) is 0 Å². The molecule has 0 saturated carbocycles. The van der Waals surface area contributed by atoms with Gasteiger partial charge in [-0.2, -0.15) is 0 Å². The highest BCUT2D eigenvalue weighted by Crippen LogP contribution is 2.30. The summed E-state index contributed by atoms with van der Waals surface area (Å²) in [6, 6.07) is 3.72. The van der Waals surface area contributed by atoms with Crippen LogP contribution in [0.3, 0.4) is 0 Å². The molecule has 5 heteroatoms. The van der Waals surface area contributed by atoms with Crippen molar-refractivity contribution in [3.63, 3.8) is 0 Å². The summed E-state index contributed by atoms with van der Waals surface area (Å²) in [6.45, 7) is 5.44. The molecule has 1 aromatic carbocycles. The third-order valence-electron chi connectivity index (χ3n) is 2.92. The topological polar surface area (TPSA) is 51.8 Å². The molecule has 0 fully saturated rings. The van der Waals surface area contributed by atoms with E-state index < -0.39 is 11.6 Å². The van der Waals surface area contributed by atoms with Gasteiger partial charge in [-0.25, -0.2) is 18.7 Å². The molecular weight excluding hydrogens is 248 g/mol. The number of halogens is 2. The Morgan fingerprint density at radius 3 is 2.21 bits per heavy atom. The number of aromatic nitrogens is 2. The number of nitrogens with two attached hydrogens (primary N) is 1. The summed E-state index contributed by atoms with van der Waals surface area (Å²) in [7, 11) is 0. The first-order chi connectivity index (χ1) is 8.91. The van der Waals surface area contributed by atoms with E-state index in [1.54, 1.807) is 6.92 Å². The monoisotopic (exact) mass is 263 g/mol. The van der Waals surface area contributed by atoms with Crippen molar-refractivity contribution in [1.82, 2.24) is 9.97 Å². The van der Waals surface area contributed by atoms with Crippen molar-refractivity contribution in [1.29, 1.82) is 0 Å². The smallest absolute Gasteiger partial charge is 0.135 e. The fraction of sp³-hybridized carbons (Fsp3) is 0.286. The molecule has 3 nitrogen and oxygen atoms in total. The minimum Gasteiger partial charge on any atom is -0.383 e. The van der Waals surface area contributed by atoms with Crippen LogP contribution in [0, 0.1) is 18.6 Å². The normalized spacial score (nSPS) is 11.1. The summed E-state index contributed by atoms with van der Waals surface area (Å²) in [5.74, 6) is -0.569. The van der Waals surface area contributed by atoms with Crippen LogP contribution in [0.25, 0.3) is 11.3 Å². The van der Waals surface area contributed by atoms with Crippen LogP contribution < -0.4 is 5.73 Å². The fourth-order valence-corrected chi connectivity index (χ4v) is 1.78. The lowest BCUT2D eigenvalue weighted by Gasteiger charge is -2.13. The van der Waals surface area contributed by atoms with Crippen molar-refractivity contribution >= 4 is 5.82 Å². The van der Waals surface area contributed by atoms with E-state index in [2.05, 4.69) is 9.97 Å². The minimum atomic E-state index is -0.657. The van der Waals surface area contributed by atoms with Gasteiger partial charge in [-0.05, 0) is 19.1 Å². The summed E-state index contributed by atoms with van der Waals surface area (Å²) in [4.78, 5) is 8.39. The van der Waals surface area contributed by atoms with E-state index in [1.807, 2.05) is 13.8 Å². The molecule has 2 N–H and O–H groups in total. The molecule has 2 aromatic rings. The Hall–Kier alpha value is -2.04. The molecule has 0 aliphatic carbocycles. The standard InChI is InChI=1S/C14H15F2N3/c1-7(2)14-18-12(8(3)13(17)19-14)11-9(15)5-4-6-10(11)16/h4-7H,1-3H3,(H2,17,18,19). The van der Waals surface area contributed by atoms with Gasteiger partial charge in [-0.15, -0.1) is 0 Å². The van der Waals surface area contributed by atoms with Gasteiger partial charge < -0.3 is 5.73 Å². The van der Waals surface area contributed by atoms with Crippen molar-refractivity contribution in [3.8, 4) is 11.3 Å². The Balaban J connectivity index is 2.75. The van der Waals surface area contributed by atoms with E-state index in [9.17, 15) is 8.78 Å². The zero-order valence-electron chi connectivity index (χ0n) is 11.0. The van der Waals surface area contributed by atoms with E-state index in [4.69, 9.17) is 5.73 Å². The molecule has 2 rings (SSSR count). The van der Waals surface area contributed by atoms with Gasteiger partial charge in [0.15, 0.2) is 0 Å². The lowest BCUT2D eigenvalue weighted by Crippen LogP contribution is -2.07. The van der Waals surface area contributed by atoms with Gasteiger partial charge in [0.1, 0.15) is 23.3 Å². The average molecular weight is 263 g/mol. The number of rotatable bonds is 2. The van der Waals surface area contributed by atoms with Crippen LogP contribution in [0.1, 0.15) is 31.2 Å². The maximum absolute atomic E-state index is 13.8. The maximum Gasteiger partial charge on any atom is 0.135 e. The van der Waals surface area contributed by atoms with E-state index in [1.165, 1.54) is 18.2 Å². The second-order valence-electron chi connectivity index (χ2n) is 4.69. The quantitative estimate of drug-likeness (QED) is 0.903. The number of benzene rings is 1. The molecule has 0 spiro atoms. The van der Waals surface area contributed by atoms with Gasteiger partial charge in [0, 0.05) is 11.5 Å².